The fourth-order valence-electron chi connectivity index (χ4n) is 2.34. The van der Waals surface area contributed by atoms with Crippen LogP contribution >= 0.6 is 11.3 Å². The summed E-state index contributed by atoms with van der Waals surface area (Å²) in [7, 11) is -2.18. The van der Waals surface area contributed by atoms with Gasteiger partial charge in [-0.25, -0.2) is 18.5 Å². The maximum atomic E-state index is 12.5. The minimum absolute atomic E-state index is 0.0878. The van der Waals surface area contributed by atoms with Gasteiger partial charge in [0.15, 0.2) is 5.13 Å². The number of carbonyl (C=O) groups is 2. The summed E-state index contributed by atoms with van der Waals surface area (Å²) in [5.74, 6) is -0.786. The van der Waals surface area contributed by atoms with E-state index in [0.717, 1.165) is 17.0 Å². The van der Waals surface area contributed by atoms with Crippen LogP contribution in [0.2, 0.25) is 0 Å². The lowest BCUT2D eigenvalue weighted by Crippen LogP contribution is -2.26. The summed E-state index contributed by atoms with van der Waals surface area (Å²) >= 11 is 1.11. The molecule has 3 rings (SSSR count). The Kier molecular flexibility index (Phi) is 5.54. The number of thiazole rings is 1. The van der Waals surface area contributed by atoms with Crippen molar-refractivity contribution < 1.29 is 18.0 Å². The molecule has 0 atom stereocenters. The zero-order chi connectivity index (χ0) is 20.3. The van der Waals surface area contributed by atoms with Crippen molar-refractivity contribution in [1.82, 2.24) is 4.98 Å². The molecular formula is C18H16N4O4S2. The second-order valence-corrected chi connectivity index (χ2v) is 8.18. The van der Waals surface area contributed by atoms with E-state index in [1.54, 1.807) is 24.6 Å². The van der Waals surface area contributed by atoms with Crippen LogP contribution in [-0.2, 0) is 10.0 Å². The van der Waals surface area contributed by atoms with Crippen LogP contribution in [0, 0.1) is 0 Å². The second kappa shape index (κ2) is 7.89. The van der Waals surface area contributed by atoms with E-state index in [2.05, 4.69) is 10.3 Å². The summed E-state index contributed by atoms with van der Waals surface area (Å²) in [6, 6.07) is 14.3. The van der Waals surface area contributed by atoms with Gasteiger partial charge < -0.3 is 4.90 Å². The number of amides is 2. The van der Waals surface area contributed by atoms with Crippen molar-refractivity contribution in [3.8, 4) is 0 Å². The van der Waals surface area contributed by atoms with Gasteiger partial charge in [-0.15, -0.1) is 11.3 Å². The van der Waals surface area contributed by atoms with Crippen LogP contribution in [0.3, 0.4) is 0 Å². The fraction of sp³-hybridized carbons (Fsp3) is 0.0556. The lowest BCUT2D eigenvalue weighted by atomic mass is 10.2. The predicted octanol–water partition coefficient (Wildman–Crippen LogP) is 2.32. The number of sulfonamides is 1. The fourth-order valence-corrected chi connectivity index (χ4v) is 3.53. The molecule has 0 fully saturated rings. The number of aromatic nitrogens is 1. The summed E-state index contributed by atoms with van der Waals surface area (Å²) in [4.78, 5) is 30.4. The van der Waals surface area contributed by atoms with Crippen LogP contribution in [0.5, 0.6) is 0 Å². The van der Waals surface area contributed by atoms with Crippen molar-refractivity contribution in [3.05, 3.63) is 71.2 Å². The van der Waals surface area contributed by atoms with Crippen molar-refractivity contribution in [1.29, 1.82) is 0 Å². The van der Waals surface area contributed by atoms with Gasteiger partial charge in [0.1, 0.15) is 5.69 Å². The molecule has 144 valence electrons. The van der Waals surface area contributed by atoms with E-state index in [1.807, 2.05) is 18.2 Å². The highest BCUT2D eigenvalue weighted by atomic mass is 32.2. The first kappa shape index (κ1) is 19.7. The second-order valence-electron chi connectivity index (χ2n) is 5.76. The molecule has 0 aliphatic heterocycles. The molecule has 0 radical (unpaired) electrons. The first-order valence-corrected chi connectivity index (χ1v) is 10.4. The Morgan fingerprint density at radius 1 is 1.07 bits per heavy atom. The molecule has 28 heavy (non-hydrogen) atoms. The molecule has 8 nitrogen and oxygen atoms in total. The van der Waals surface area contributed by atoms with Crippen molar-refractivity contribution in [3.63, 3.8) is 0 Å². The van der Waals surface area contributed by atoms with Gasteiger partial charge in [-0.05, 0) is 36.4 Å². The van der Waals surface area contributed by atoms with Crippen LogP contribution in [0.25, 0.3) is 0 Å². The molecule has 0 bridgehead atoms. The summed E-state index contributed by atoms with van der Waals surface area (Å²) < 4.78 is 22.5. The molecule has 3 aromatic rings. The van der Waals surface area contributed by atoms with Gasteiger partial charge in [-0.2, -0.15) is 0 Å². The number of rotatable bonds is 5. The minimum Gasteiger partial charge on any atom is -0.310 e. The number of para-hydroxylation sites is 1. The van der Waals surface area contributed by atoms with E-state index in [-0.39, 0.29) is 27.2 Å². The van der Waals surface area contributed by atoms with Gasteiger partial charge in [-0.1, -0.05) is 18.2 Å². The monoisotopic (exact) mass is 416 g/mol. The average Bonchev–Trinajstić information content (AvgIpc) is 3.15. The molecule has 1 aromatic heterocycles. The van der Waals surface area contributed by atoms with E-state index < -0.39 is 15.9 Å². The highest BCUT2D eigenvalue weighted by molar-refractivity contribution is 7.89. The smallest absolute Gasteiger partial charge is 0.277 e. The Labute approximate surface area is 165 Å². The highest BCUT2D eigenvalue weighted by Gasteiger charge is 2.18. The molecule has 1 heterocycles. The number of carbonyl (C=O) groups excluding carboxylic acids is 2. The maximum Gasteiger partial charge on any atom is 0.277 e. The number of primary sulfonamides is 1. The number of benzene rings is 2. The van der Waals surface area contributed by atoms with Crippen LogP contribution in [0.4, 0.5) is 10.8 Å². The Hall–Kier alpha value is -3.08. The Morgan fingerprint density at radius 2 is 1.71 bits per heavy atom. The van der Waals surface area contributed by atoms with Gasteiger partial charge in [0.25, 0.3) is 11.8 Å². The number of nitrogens with zero attached hydrogens (tertiary/aromatic N) is 2. The van der Waals surface area contributed by atoms with Crippen molar-refractivity contribution >= 4 is 44.0 Å². The normalized spacial score (nSPS) is 11.1. The van der Waals surface area contributed by atoms with Crippen molar-refractivity contribution in [2.45, 2.75) is 4.90 Å². The Bertz CT molecular complexity index is 1110. The zero-order valence-electron chi connectivity index (χ0n) is 14.7. The van der Waals surface area contributed by atoms with Gasteiger partial charge in [0.2, 0.25) is 10.0 Å². The molecular weight excluding hydrogens is 400 g/mol. The Balaban J connectivity index is 1.70. The minimum atomic E-state index is -3.83. The maximum absolute atomic E-state index is 12.5. The Morgan fingerprint density at radius 3 is 2.32 bits per heavy atom. The summed E-state index contributed by atoms with van der Waals surface area (Å²) in [6.07, 6.45) is 0. The average molecular weight is 416 g/mol. The number of nitrogens with two attached hydrogens (primary N) is 1. The van der Waals surface area contributed by atoms with E-state index >= 15 is 0 Å². The summed E-state index contributed by atoms with van der Waals surface area (Å²) in [6.45, 7) is 0. The van der Waals surface area contributed by atoms with E-state index in [0.29, 0.717) is 0 Å². The number of hydrogen-bond acceptors (Lipinski definition) is 6. The summed E-state index contributed by atoms with van der Waals surface area (Å²) in [5, 5.41) is 9.43. The SMILES string of the molecule is CN(C(=O)c1csc(NC(=O)c2ccc(S(N)(=O)=O)cc2)n1)c1ccccc1. The first-order chi connectivity index (χ1) is 13.3. The molecule has 2 amide bonds. The topological polar surface area (TPSA) is 122 Å². The van der Waals surface area contributed by atoms with Crippen LogP contribution in [0.1, 0.15) is 20.8 Å². The largest absolute Gasteiger partial charge is 0.310 e. The number of hydrogen-bond donors (Lipinski definition) is 2. The van der Waals surface area contributed by atoms with Crippen LogP contribution in [0.15, 0.2) is 64.9 Å². The van der Waals surface area contributed by atoms with E-state index in [4.69, 9.17) is 5.14 Å². The van der Waals surface area contributed by atoms with Crippen LogP contribution < -0.4 is 15.4 Å². The van der Waals surface area contributed by atoms with Gasteiger partial charge in [0, 0.05) is 23.7 Å². The molecule has 0 saturated heterocycles. The molecule has 0 aliphatic rings. The molecule has 0 spiro atoms. The van der Waals surface area contributed by atoms with E-state index in [1.165, 1.54) is 29.2 Å². The summed E-state index contributed by atoms with van der Waals surface area (Å²) in [5.41, 5.74) is 1.16. The molecule has 0 saturated carbocycles. The standard InChI is InChI=1S/C18H16N4O4S2/c1-22(13-5-3-2-4-6-13)17(24)15-11-27-18(20-15)21-16(23)12-7-9-14(10-8-12)28(19,25)26/h2-11H,1H3,(H2,19,25,26)(H,20,21,23). The molecule has 10 heteroatoms. The van der Waals surface area contributed by atoms with E-state index in [9.17, 15) is 18.0 Å². The predicted molar refractivity (Wildman–Crippen MR) is 107 cm³/mol. The van der Waals surface area contributed by atoms with Crippen molar-refractivity contribution in [2.24, 2.45) is 5.14 Å². The lowest BCUT2D eigenvalue weighted by Gasteiger charge is -2.15. The first-order valence-electron chi connectivity index (χ1n) is 7.98. The van der Waals surface area contributed by atoms with Gasteiger partial charge in [0.05, 0.1) is 4.90 Å². The zero-order valence-corrected chi connectivity index (χ0v) is 16.3. The highest BCUT2D eigenvalue weighted by Crippen LogP contribution is 2.20. The third-order valence-electron chi connectivity index (χ3n) is 3.84. The number of anilines is 2. The molecule has 3 N–H and O–H groups in total. The lowest BCUT2D eigenvalue weighted by molar-refractivity contribution is 0.0986. The van der Waals surface area contributed by atoms with Crippen molar-refractivity contribution in [2.75, 3.05) is 17.3 Å². The third kappa shape index (κ3) is 4.42. The quantitative estimate of drug-likeness (QED) is 0.661. The van der Waals surface area contributed by atoms with Crippen LogP contribution in [-0.4, -0.2) is 32.3 Å². The third-order valence-corrected chi connectivity index (χ3v) is 5.52. The number of nitrogens with one attached hydrogen (secondary N) is 1. The molecule has 2 aromatic carbocycles. The molecule has 0 unspecified atom stereocenters. The van der Waals surface area contributed by atoms with Gasteiger partial charge >= 0.3 is 0 Å². The molecule has 0 aliphatic carbocycles. The van der Waals surface area contributed by atoms with Gasteiger partial charge in [-0.3, -0.25) is 14.9 Å².